The number of pyridine rings is 1. The van der Waals surface area contributed by atoms with E-state index in [1.807, 2.05) is 43.6 Å². The third-order valence-corrected chi connectivity index (χ3v) is 6.91. The number of hydrogen-bond donors (Lipinski definition) is 1. The third-order valence-electron chi connectivity index (χ3n) is 6.91. The molecule has 170 valence electrons. The highest BCUT2D eigenvalue weighted by atomic mass is 16.2. The molecule has 2 aliphatic heterocycles. The van der Waals surface area contributed by atoms with Crippen LogP contribution in [0.3, 0.4) is 0 Å². The van der Waals surface area contributed by atoms with Crippen LogP contribution in [0.1, 0.15) is 41.2 Å². The number of aliphatic imine (C=N–C) groups is 1. The molecule has 0 saturated heterocycles. The fourth-order valence-corrected chi connectivity index (χ4v) is 5.35. The van der Waals surface area contributed by atoms with Gasteiger partial charge in [0.2, 0.25) is 5.91 Å². The number of carbonyl (C=O) groups is 1. The van der Waals surface area contributed by atoms with Crippen LogP contribution in [0.15, 0.2) is 113 Å². The summed E-state index contributed by atoms with van der Waals surface area (Å²) in [5.41, 5.74) is 10.3. The van der Waals surface area contributed by atoms with Crippen molar-refractivity contribution in [3.63, 3.8) is 0 Å². The van der Waals surface area contributed by atoms with Gasteiger partial charge in [-0.05, 0) is 46.5 Å². The van der Waals surface area contributed by atoms with Gasteiger partial charge < -0.3 is 0 Å². The lowest BCUT2D eigenvalue weighted by Crippen LogP contribution is -2.37. The van der Waals surface area contributed by atoms with Crippen molar-refractivity contribution in [1.29, 1.82) is 0 Å². The van der Waals surface area contributed by atoms with Crippen molar-refractivity contribution in [3.8, 4) is 0 Å². The Kier molecular flexibility index (Phi) is 5.10. The second-order valence-electron chi connectivity index (χ2n) is 9.05. The van der Waals surface area contributed by atoms with E-state index in [9.17, 15) is 4.79 Å². The molecule has 1 unspecified atom stereocenters. The summed E-state index contributed by atoms with van der Waals surface area (Å²) in [6.07, 6.45) is 4.06. The van der Waals surface area contributed by atoms with Gasteiger partial charge in [-0.2, -0.15) is 5.10 Å². The van der Waals surface area contributed by atoms with E-state index in [4.69, 9.17) is 4.99 Å². The van der Waals surface area contributed by atoms with Crippen LogP contribution in [0.2, 0.25) is 0 Å². The summed E-state index contributed by atoms with van der Waals surface area (Å²) < 4.78 is 0. The average molecular weight is 457 g/mol. The van der Waals surface area contributed by atoms with E-state index < -0.39 is 5.41 Å². The smallest absolute Gasteiger partial charge is 0.240 e. The maximum absolute atomic E-state index is 11.9. The summed E-state index contributed by atoms with van der Waals surface area (Å²) in [4.78, 5) is 21.3. The Morgan fingerprint density at radius 2 is 1.49 bits per heavy atom. The minimum absolute atomic E-state index is 0.0339. The van der Waals surface area contributed by atoms with Crippen LogP contribution in [0.4, 0.5) is 5.69 Å². The third kappa shape index (κ3) is 3.39. The van der Waals surface area contributed by atoms with E-state index >= 15 is 0 Å². The molecule has 35 heavy (non-hydrogen) atoms. The summed E-state index contributed by atoms with van der Waals surface area (Å²) in [7, 11) is 0. The van der Waals surface area contributed by atoms with E-state index in [2.05, 4.69) is 82.2 Å². The Labute approximate surface area is 204 Å². The number of hydrazone groups is 1. The fourth-order valence-electron chi connectivity index (χ4n) is 5.35. The first-order valence-electron chi connectivity index (χ1n) is 11.8. The maximum atomic E-state index is 11.9. The Morgan fingerprint density at radius 1 is 0.829 bits per heavy atom. The van der Waals surface area contributed by atoms with Crippen molar-refractivity contribution in [2.75, 3.05) is 0 Å². The zero-order valence-corrected chi connectivity index (χ0v) is 19.3. The number of aromatic nitrogens is 1. The molecule has 5 nitrogen and oxygen atoms in total. The molecule has 0 fully saturated rings. The lowest BCUT2D eigenvalue weighted by Gasteiger charge is -2.34. The van der Waals surface area contributed by atoms with Gasteiger partial charge in [-0.1, -0.05) is 73.7 Å². The zero-order chi connectivity index (χ0) is 23.8. The van der Waals surface area contributed by atoms with Gasteiger partial charge in [0.05, 0.1) is 22.5 Å². The minimum Gasteiger partial charge on any atom is -0.273 e. The van der Waals surface area contributed by atoms with Gasteiger partial charge >= 0.3 is 0 Å². The van der Waals surface area contributed by atoms with Crippen LogP contribution < -0.4 is 5.43 Å². The normalized spacial score (nSPS) is 18.3. The van der Waals surface area contributed by atoms with Crippen LogP contribution in [0.25, 0.3) is 0 Å². The monoisotopic (exact) mass is 456 g/mol. The first kappa shape index (κ1) is 21.2. The fraction of sp³-hybridized carbons (Fsp3) is 0.133. The summed E-state index contributed by atoms with van der Waals surface area (Å²) in [5, 5.41) is 4.43. The van der Waals surface area contributed by atoms with E-state index in [-0.39, 0.29) is 11.8 Å². The molecule has 1 amide bonds. The average Bonchev–Trinajstić information content (AvgIpc) is 3.25. The standard InChI is InChI=1S/C30H24N4O/c1-20-18-27(35)33-34-28(20)22-12-13-26-25(19-22)30(23-8-4-2-5-9-23,24-10-6-3-7-11-24)29(32-26)21-14-16-31-17-15-21/h2-17,19-20H,18H2,1H3,(H,33,35). The van der Waals surface area contributed by atoms with Crippen molar-refractivity contribution in [2.24, 2.45) is 16.0 Å². The van der Waals surface area contributed by atoms with E-state index in [1.54, 1.807) is 0 Å². The number of amides is 1. The molecule has 1 atom stereocenters. The highest BCUT2D eigenvalue weighted by molar-refractivity contribution is 6.17. The Balaban J connectivity index is 1.66. The van der Waals surface area contributed by atoms with E-state index in [1.165, 1.54) is 0 Å². The number of carbonyl (C=O) groups excluding carboxylic acids is 1. The minimum atomic E-state index is -0.614. The number of rotatable bonds is 4. The molecular formula is C30H24N4O. The second-order valence-corrected chi connectivity index (χ2v) is 9.05. The highest BCUT2D eigenvalue weighted by Crippen LogP contribution is 2.51. The zero-order valence-electron chi connectivity index (χ0n) is 19.3. The predicted molar refractivity (Wildman–Crippen MR) is 138 cm³/mol. The SMILES string of the molecule is CC1CC(=O)NN=C1c1ccc2c(c1)C(c1ccccc1)(c1ccccc1)C(c1ccncc1)=N2. The molecule has 4 aromatic rings. The molecule has 0 radical (unpaired) electrons. The lowest BCUT2D eigenvalue weighted by atomic mass is 9.65. The van der Waals surface area contributed by atoms with E-state index in [0.29, 0.717) is 6.42 Å². The highest BCUT2D eigenvalue weighted by Gasteiger charge is 2.47. The Bertz CT molecular complexity index is 1420. The topological polar surface area (TPSA) is 66.7 Å². The number of hydrogen-bond acceptors (Lipinski definition) is 4. The summed E-state index contributed by atoms with van der Waals surface area (Å²) in [6, 6.07) is 31.5. The first-order valence-corrected chi connectivity index (χ1v) is 11.8. The van der Waals surface area contributed by atoms with Crippen molar-refractivity contribution in [3.05, 3.63) is 131 Å². The van der Waals surface area contributed by atoms with Crippen LogP contribution >= 0.6 is 0 Å². The number of nitrogens with zero attached hydrogens (tertiary/aromatic N) is 3. The second kappa shape index (κ2) is 8.44. The molecule has 2 aliphatic rings. The van der Waals surface area contributed by atoms with Gasteiger partial charge in [0.25, 0.3) is 0 Å². The molecular weight excluding hydrogens is 432 g/mol. The molecule has 5 heteroatoms. The predicted octanol–water partition coefficient (Wildman–Crippen LogP) is 5.41. The van der Waals surface area contributed by atoms with Crippen LogP contribution in [-0.4, -0.2) is 22.3 Å². The molecule has 3 aromatic carbocycles. The van der Waals surface area contributed by atoms with Crippen LogP contribution in [-0.2, 0) is 10.2 Å². The van der Waals surface area contributed by atoms with Gasteiger partial charge in [0, 0.05) is 30.3 Å². The molecule has 6 rings (SSSR count). The van der Waals surface area contributed by atoms with Gasteiger partial charge in [0.15, 0.2) is 0 Å². The van der Waals surface area contributed by atoms with Gasteiger partial charge in [0.1, 0.15) is 0 Å². The number of benzene rings is 3. The van der Waals surface area contributed by atoms with Gasteiger partial charge in [-0.15, -0.1) is 0 Å². The van der Waals surface area contributed by atoms with Crippen molar-refractivity contribution in [1.82, 2.24) is 10.4 Å². The Morgan fingerprint density at radius 3 is 2.11 bits per heavy atom. The van der Waals surface area contributed by atoms with Crippen molar-refractivity contribution in [2.45, 2.75) is 18.8 Å². The molecule has 0 saturated carbocycles. The quantitative estimate of drug-likeness (QED) is 0.446. The molecule has 0 bridgehead atoms. The lowest BCUT2D eigenvalue weighted by molar-refractivity contribution is -0.121. The largest absolute Gasteiger partial charge is 0.273 e. The summed E-state index contributed by atoms with van der Waals surface area (Å²) >= 11 is 0. The molecule has 0 spiro atoms. The van der Waals surface area contributed by atoms with Crippen molar-refractivity contribution < 1.29 is 4.79 Å². The number of nitrogens with one attached hydrogen (secondary N) is 1. The first-order chi connectivity index (χ1) is 17.2. The summed E-state index contributed by atoms with van der Waals surface area (Å²) in [6.45, 7) is 2.05. The van der Waals surface area contributed by atoms with Crippen LogP contribution in [0, 0.1) is 5.92 Å². The molecule has 1 N–H and O–H groups in total. The summed E-state index contributed by atoms with van der Waals surface area (Å²) in [5.74, 6) is -0.0136. The van der Waals surface area contributed by atoms with Gasteiger partial charge in [-0.3, -0.25) is 14.8 Å². The van der Waals surface area contributed by atoms with Gasteiger partial charge in [-0.25, -0.2) is 5.43 Å². The number of fused-ring (bicyclic) bond motifs is 1. The Hall–Kier alpha value is -4.38. The van der Waals surface area contributed by atoms with Crippen LogP contribution in [0.5, 0.6) is 0 Å². The molecule has 1 aromatic heterocycles. The van der Waals surface area contributed by atoms with E-state index in [0.717, 1.165) is 44.9 Å². The molecule has 0 aliphatic carbocycles. The maximum Gasteiger partial charge on any atom is 0.240 e. The van der Waals surface area contributed by atoms with Crippen molar-refractivity contribution >= 4 is 23.0 Å². The molecule has 3 heterocycles.